The van der Waals surface area contributed by atoms with E-state index in [1.165, 1.54) is 6.26 Å². The van der Waals surface area contributed by atoms with Crippen molar-refractivity contribution in [3.8, 4) is 0 Å². The Morgan fingerprint density at radius 2 is 2.13 bits per heavy atom. The molecule has 0 bridgehead atoms. The van der Waals surface area contributed by atoms with Crippen LogP contribution in [0.25, 0.3) is 0 Å². The van der Waals surface area contributed by atoms with Crippen molar-refractivity contribution in [1.29, 1.82) is 0 Å². The van der Waals surface area contributed by atoms with E-state index in [4.69, 9.17) is 0 Å². The van der Waals surface area contributed by atoms with Gasteiger partial charge < -0.3 is 10.6 Å². The highest BCUT2D eigenvalue weighted by molar-refractivity contribution is 14.0. The van der Waals surface area contributed by atoms with Crippen LogP contribution in [0.4, 0.5) is 0 Å². The van der Waals surface area contributed by atoms with E-state index < -0.39 is 9.84 Å². The van der Waals surface area contributed by atoms with Crippen LogP contribution in [0.2, 0.25) is 0 Å². The molecule has 1 aromatic rings. The first-order valence-electron chi connectivity index (χ1n) is 7.53. The minimum atomic E-state index is -2.93. The fourth-order valence-electron chi connectivity index (χ4n) is 1.84. The highest BCUT2D eigenvalue weighted by Gasteiger charge is 2.09. The van der Waals surface area contributed by atoms with Gasteiger partial charge in [-0.15, -0.1) is 24.0 Å². The third-order valence-corrected chi connectivity index (χ3v) is 3.99. The fourth-order valence-corrected chi connectivity index (χ4v) is 2.63. The lowest BCUT2D eigenvalue weighted by molar-refractivity contribution is 0.581. The molecule has 8 heteroatoms. The van der Waals surface area contributed by atoms with Gasteiger partial charge in [-0.25, -0.2) is 8.42 Å². The molecule has 0 amide bonds. The van der Waals surface area contributed by atoms with E-state index in [2.05, 4.69) is 20.6 Å². The SMILES string of the molecule is CCNC(=NCCc1ccccn1)NC(C)CCS(C)(=O)=O.I. The summed E-state index contributed by atoms with van der Waals surface area (Å²) in [6.45, 7) is 5.34. The molecule has 0 aliphatic carbocycles. The van der Waals surface area contributed by atoms with E-state index >= 15 is 0 Å². The first kappa shape index (κ1) is 22.1. The van der Waals surface area contributed by atoms with Gasteiger partial charge in [-0.3, -0.25) is 9.98 Å². The number of rotatable bonds is 8. The van der Waals surface area contributed by atoms with Gasteiger partial charge in [-0.2, -0.15) is 0 Å². The lowest BCUT2D eigenvalue weighted by Crippen LogP contribution is -2.43. The van der Waals surface area contributed by atoms with Crippen LogP contribution in [0.1, 0.15) is 26.0 Å². The smallest absolute Gasteiger partial charge is 0.191 e. The summed E-state index contributed by atoms with van der Waals surface area (Å²) in [5.74, 6) is 0.883. The van der Waals surface area contributed by atoms with Gasteiger partial charge in [0, 0.05) is 43.7 Å². The van der Waals surface area contributed by atoms with Crippen molar-refractivity contribution in [2.24, 2.45) is 4.99 Å². The van der Waals surface area contributed by atoms with Crippen LogP contribution in [0.15, 0.2) is 29.4 Å². The van der Waals surface area contributed by atoms with Crippen LogP contribution in [0, 0.1) is 0 Å². The summed E-state index contributed by atoms with van der Waals surface area (Å²) < 4.78 is 22.4. The molecule has 0 saturated heterocycles. The molecule has 0 aliphatic rings. The number of guanidine groups is 1. The molecule has 0 fully saturated rings. The first-order chi connectivity index (χ1) is 10.4. The average Bonchev–Trinajstić information content (AvgIpc) is 2.46. The van der Waals surface area contributed by atoms with Crippen molar-refractivity contribution in [1.82, 2.24) is 15.6 Å². The summed E-state index contributed by atoms with van der Waals surface area (Å²) in [6.07, 6.45) is 4.36. The maximum atomic E-state index is 11.2. The van der Waals surface area contributed by atoms with E-state index in [0.29, 0.717) is 18.9 Å². The Morgan fingerprint density at radius 1 is 1.39 bits per heavy atom. The van der Waals surface area contributed by atoms with Gasteiger partial charge in [0.1, 0.15) is 9.84 Å². The molecule has 1 atom stereocenters. The van der Waals surface area contributed by atoms with Crippen molar-refractivity contribution in [2.45, 2.75) is 32.7 Å². The molecule has 132 valence electrons. The fraction of sp³-hybridized carbons (Fsp3) is 0.600. The molecule has 1 unspecified atom stereocenters. The Hall–Kier alpha value is -0.900. The standard InChI is InChI=1S/C15H26N4O2S.HI/c1-4-16-15(19-13(2)9-12-22(3,20)21)18-11-8-14-7-5-6-10-17-14;/h5-7,10,13H,4,8-9,11-12H2,1-3H3,(H2,16,18,19);1H. The van der Waals surface area contributed by atoms with Gasteiger partial charge in [0.05, 0.1) is 5.75 Å². The van der Waals surface area contributed by atoms with E-state index in [1.54, 1.807) is 6.20 Å². The van der Waals surface area contributed by atoms with Crippen LogP contribution in [-0.4, -0.2) is 50.5 Å². The molecule has 0 radical (unpaired) electrons. The number of aliphatic imine (C=N–C) groups is 1. The third kappa shape index (κ3) is 11.3. The van der Waals surface area contributed by atoms with Crippen molar-refractivity contribution in [3.63, 3.8) is 0 Å². The molecule has 2 N–H and O–H groups in total. The van der Waals surface area contributed by atoms with Gasteiger partial charge in [0.2, 0.25) is 0 Å². The van der Waals surface area contributed by atoms with Gasteiger partial charge in [-0.05, 0) is 32.4 Å². The lowest BCUT2D eigenvalue weighted by Gasteiger charge is -2.17. The molecule has 0 aliphatic heterocycles. The zero-order chi connectivity index (χ0) is 16.4. The monoisotopic (exact) mass is 454 g/mol. The Bertz CT molecular complexity index is 564. The van der Waals surface area contributed by atoms with Gasteiger partial charge >= 0.3 is 0 Å². The lowest BCUT2D eigenvalue weighted by atomic mass is 10.2. The molecule has 23 heavy (non-hydrogen) atoms. The van der Waals surface area contributed by atoms with Crippen molar-refractivity contribution < 1.29 is 8.42 Å². The van der Waals surface area contributed by atoms with Crippen molar-refractivity contribution in [2.75, 3.05) is 25.1 Å². The predicted molar refractivity (Wildman–Crippen MR) is 106 cm³/mol. The molecule has 0 saturated carbocycles. The molecule has 1 rings (SSSR count). The van der Waals surface area contributed by atoms with E-state index in [1.807, 2.05) is 32.0 Å². The number of nitrogens with zero attached hydrogens (tertiary/aromatic N) is 2. The van der Waals surface area contributed by atoms with Crippen LogP contribution >= 0.6 is 24.0 Å². The van der Waals surface area contributed by atoms with Crippen LogP contribution in [0.3, 0.4) is 0 Å². The van der Waals surface area contributed by atoms with Gasteiger partial charge in [-0.1, -0.05) is 6.07 Å². The summed E-state index contributed by atoms with van der Waals surface area (Å²) in [6, 6.07) is 5.87. The summed E-state index contributed by atoms with van der Waals surface area (Å²) >= 11 is 0. The zero-order valence-corrected chi connectivity index (χ0v) is 17.1. The van der Waals surface area contributed by atoms with Gasteiger partial charge in [0.25, 0.3) is 0 Å². The number of hydrogen-bond acceptors (Lipinski definition) is 4. The average molecular weight is 454 g/mol. The molecule has 0 spiro atoms. The molecule has 6 nitrogen and oxygen atoms in total. The Labute approximate surface area is 156 Å². The minimum absolute atomic E-state index is 0. The summed E-state index contributed by atoms with van der Waals surface area (Å²) in [5.41, 5.74) is 1.01. The van der Waals surface area contributed by atoms with Crippen molar-refractivity contribution >= 4 is 39.8 Å². The van der Waals surface area contributed by atoms with E-state index in [9.17, 15) is 8.42 Å². The largest absolute Gasteiger partial charge is 0.357 e. The quantitative estimate of drug-likeness (QED) is 0.355. The molecular weight excluding hydrogens is 427 g/mol. The number of nitrogens with one attached hydrogen (secondary N) is 2. The molecular formula is C15H27IN4O2S. The second kappa shape index (κ2) is 11.6. The summed E-state index contributed by atoms with van der Waals surface area (Å²) in [5, 5.41) is 6.40. The van der Waals surface area contributed by atoms with E-state index in [-0.39, 0.29) is 35.8 Å². The Morgan fingerprint density at radius 3 is 2.70 bits per heavy atom. The highest BCUT2D eigenvalue weighted by Crippen LogP contribution is 1.97. The molecule has 0 aromatic carbocycles. The number of halogens is 1. The van der Waals surface area contributed by atoms with Crippen molar-refractivity contribution in [3.05, 3.63) is 30.1 Å². The maximum Gasteiger partial charge on any atom is 0.191 e. The van der Waals surface area contributed by atoms with E-state index in [0.717, 1.165) is 18.7 Å². The van der Waals surface area contributed by atoms with Crippen LogP contribution in [-0.2, 0) is 16.3 Å². The number of pyridine rings is 1. The number of sulfone groups is 1. The molecule has 1 heterocycles. The highest BCUT2D eigenvalue weighted by atomic mass is 127. The van der Waals surface area contributed by atoms with Crippen LogP contribution in [0.5, 0.6) is 0 Å². The Kier molecular flexibility index (Phi) is 11.2. The molecule has 1 aromatic heterocycles. The second-order valence-electron chi connectivity index (χ2n) is 5.30. The minimum Gasteiger partial charge on any atom is -0.357 e. The topological polar surface area (TPSA) is 83.4 Å². The maximum absolute atomic E-state index is 11.2. The predicted octanol–water partition coefficient (Wildman–Crippen LogP) is 1.62. The van der Waals surface area contributed by atoms with Crippen LogP contribution < -0.4 is 10.6 Å². The third-order valence-electron chi connectivity index (χ3n) is 3.01. The Balaban J connectivity index is 0.00000484. The number of aromatic nitrogens is 1. The summed E-state index contributed by atoms with van der Waals surface area (Å²) in [4.78, 5) is 8.76. The summed E-state index contributed by atoms with van der Waals surface area (Å²) in [7, 11) is -2.93. The zero-order valence-electron chi connectivity index (χ0n) is 13.9. The van der Waals surface area contributed by atoms with Gasteiger partial charge in [0.15, 0.2) is 5.96 Å². The number of hydrogen-bond donors (Lipinski definition) is 2. The first-order valence-corrected chi connectivity index (χ1v) is 9.59. The normalized spacial score (nSPS) is 13.1. The second-order valence-corrected chi connectivity index (χ2v) is 7.56.